The van der Waals surface area contributed by atoms with Gasteiger partial charge in [-0.05, 0) is 61.6 Å². The van der Waals surface area contributed by atoms with E-state index in [1.54, 1.807) is 13.0 Å². The van der Waals surface area contributed by atoms with E-state index < -0.39 is 52.6 Å². The molecular formula is C29H25Cl2FN2O6. The van der Waals surface area contributed by atoms with Crippen LogP contribution in [0, 0.1) is 34.9 Å². The number of phenolic OH excluding ortho intramolecular Hbond substituents is 1. The molecule has 1 N–H and O–H groups in total. The van der Waals surface area contributed by atoms with Gasteiger partial charge in [0, 0.05) is 13.0 Å². The topological polar surface area (TPSA) is 104 Å². The molecule has 4 aliphatic rings. The van der Waals surface area contributed by atoms with Crippen LogP contribution in [-0.4, -0.2) is 47.8 Å². The smallest absolute Gasteiger partial charge is 0.241 e. The fraction of sp³-hybridized carbons (Fsp3) is 0.379. The molecule has 6 rings (SSSR count). The molecule has 4 amide bonds. The first-order valence-electron chi connectivity index (χ1n) is 12.8. The summed E-state index contributed by atoms with van der Waals surface area (Å²) in [4.78, 5) is 56.7. The lowest BCUT2D eigenvalue weighted by atomic mass is 9.51. The third kappa shape index (κ3) is 3.43. The molecule has 0 spiro atoms. The number of allylic oxidation sites excluding steroid dienone is 2. The SMILES string of the molecule is COc1cc(C2C3=CCC4C(=O)N(C)C(=O)C4C3CC3C(=O)N(c4ccc(F)c(Cl)c4)C(=O)C32C)cc(Cl)c1O. The molecule has 2 aliphatic carbocycles. The van der Waals surface area contributed by atoms with E-state index in [1.165, 1.54) is 32.4 Å². The summed E-state index contributed by atoms with van der Waals surface area (Å²) in [5.41, 5.74) is 0.0849. The van der Waals surface area contributed by atoms with Crippen LogP contribution in [0.5, 0.6) is 11.5 Å². The van der Waals surface area contributed by atoms with E-state index in [4.69, 9.17) is 27.9 Å². The summed E-state index contributed by atoms with van der Waals surface area (Å²) in [5.74, 6) is -5.77. The zero-order valence-corrected chi connectivity index (χ0v) is 23.3. The highest BCUT2D eigenvalue weighted by Crippen LogP contribution is 2.64. The maximum Gasteiger partial charge on any atom is 0.241 e. The van der Waals surface area contributed by atoms with Crippen molar-refractivity contribution in [2.45, 2.75) is 25.7 Å². The molecule has 2 saturated heterocycles. The van der Waals surface area contributed by atoms with Gasteiger partial charge < -0.3 is 9.84 Å². The van der Waals surface area contributed by atoms with Gasteiger partial charge in [-0.2, -0.15) is 0 Å². The number of benzene rings is 2. The summed E-state index contributed by atoms with van der Waals surface area (Å²) in [6, 6.07) is 6.76. The summed E-state index contributed by atoms with van der Waals surface area (Å²) >= 11 is 12.4. The number of ether oxygens (including phenoxy) is 1. The first-order chi connectivity index (χ1) is 18.9. The van der Waals surface area contributed by atoms with Gasteiger partial charge in [0.2, 0.25) is 23.6 Å². The van der Waals surface area contributed by atoms with Gasteiger partial charge in [-0.15, -0.1) is 0 Å². The summed E-state index contributed by atoms with van der Waals surface area (Å²) in [7, 11) is 2.83. The minimum absolute atomic E-state index is 0.00305. The van der Waals surface area contributed by atoms with Gasteiger partial charge in [0.05, 0.1) is 46.0 Å². The van der Waals surface area contributed by atoms with E-state index in [0.717, 1.165) is 21.4 Å². The van der Waals surface area contributed by atoms with Crippen LogP contribution in [0.25, 0.3) is 0 Å². The Labute approximate surface area is 239 Å². The number of fused-ring (bicyclic) bond motifs is 4. The molecule has 11 heteroatoms. The van der Waals surface area contributed by atoms with E-state index in [1.807, 2.05) is 6.08 Å². The molecule has 0 radical (unpaired) electrons. The number of nitrogens with zero attached hydrogens (tertiary/aromatic N) is 2. The Kier molecular flexibility index (Phi) is 6.05. The Bertz CT molecular complexity index is 1560. The predicted octanol–water partition coefficient (Wildman–Crippen LogP) is 4.71. The maximum absolute atomic E-state index is 14.3. The van der Waals surface area contributed by atoms with Gasteiger partial charge in [0.15, 0.2) is 11.5 Å². The third-order valence-electron chi connectivity index (χ3n) is 9.26. The van der Waals surface area contributed by atoms with Gasteiger partial charge in [-0.3, -0.25) is 24.1 Å². The quantitative estimate of drug-likeness (QED) is 0.412. The van der Waals surface area contributed by atoms with E-state index in [-0.39, 0.29) is 45.5 Å². The van der Waals surface area contributed by atoms with E-state index >= 15 is 0 Å². The molecule has 6 unspecified atom stereocenters. The van der Waals surface area contributed by atoms with E-state index in [2.05, 4.69) is 0 Å². The van der Waals surface area contributed by atoms with Crippen LogP contribution in [0.15, 0.2) is 42.0 Å². The first-order valence-corrected chi connectivity index (χ1v) is 13.6. The number of hydrogen-bond donors (Lipinski definition) is 1. The van der Waals surface area contributed by atoms with Crippen LogP contribution < -0.4 is 9.64 Å². The second-order valence-electron chi connectivity index (χ2n) is 11.0. The highest BCUT2D eigenvalue weighted by molar-refractivity contribution is 6.32. The van der Waals surface area contributed by atoms with Crippen LogP contribution in [-0.2, 0) is 19.2 Å². The van der Waals surface area contributed by atoms with Crippen molar-refractivity contribution >= 4 is 52.5 Å². The van der Waals surface area contributed by atoms with Crippen molar-refractivity contribution in [1.82, 2.24) is 4.90 Å². The molecule has 2 aromatic carbocycles. The molecule has 40 heavy (non-hydrogen) atoms. The molecule has 2 heterocycles. The molecule has 2 aromatic rings. The number of amides is 4. The molecule has 0 aromatic heterocycles. The third-order valence-corrected chi connectivity index (χ3v) is 9.84. The standard InChI is InChI=1S/C29H25Cl2FN2O6/c1-29-17(26(37)34(28(29)39)13-4-7-20(32)18(30)10-13)11-16-14(5-6-15-22(16)27(38)33(2)25(15)36)23(29)12-8-19(31)24(35)21(9-12)40-3/h4-5,7-10,15-17,22-23,35H,6,11H2,1-3H3. The second-order valence-corrected chi connectivity index (χ2v) is 11.9. The first kappa shape index (κ1) is 26.8. The molecule has 3 fully saturated rings. The molecular weight excluding hydrogens is 562 g/mol. The maximum atomic E-state index is 14.3. The number of aromatic hydroxyl groups is 1. The summed E-state index contributed by atoms with van der Waals surface area (Å²) in [6.07, 6.45) is 2.39. The van der Waals surface area contributed by atoms with Crippen molar-refractivity contribution < 1.29 is 33.4 Å². The number of likely N-dealkylation sites (tertiary alicyclic amines) is 1. The number of phenols is 1. The lowest BCUT2D eigenvalue weighted by molar-refractivity contribution is -0.138. The van der Waals surface area contributed by atoms with Crippen LogP contribution in [0.4, 0.5) is 10.1 Å². The number of methoxy groups -OCH3 is 1. The van der Waals surface area contributed by atoms with Crippen LogP contribution in [0.1, 0.15) is 31.2 Å². The van der Waals surface area contributed by atoms with Crippen molar-refractivity contribution in [3.8, 4) is 11.5 Å². The van der Waals surface area contributed by atoms with Gasteiger partial charge >= 0.3 is 0 Å². The molecule has 2 aliphatic heterocycles. The second kappa shape index (κ2) is 9.04. The zero-order chi connectivity index (χ0) is 28.8. The molecule has 0 bridgehead atoms. The number of rotatable bonds is 3. The molecule has 6 atom stereocenters. The van der Waals surface area contributed by atoms with Gasteiger partial charge in [-0.25, -0.2) is 9.29 Å². The number of hydrogen-bond acceptors (Lipinski definition) is 6. The number of halogens is 3. The average molecular weight is 587 g/mol. The van der Waals surface area contributed by atoms with Gasteiger partial charge in [0.25, 0.3) is 0 Å². The summed E-state index contributed by atoms with van der Waals surface area (Å²) < 4.78 is 19.3. The minimum Gasteiger partial charge on any atom is -0.503 e. The Morgan fingerprint density at radius 2 is 1.75 bits per heavy atom. The van der Waals surface area contributed by atoms with Gasteiger partial charge in [0.1, 0.15) is 5.82 Å². The monoisotopic (exact) mass is 586 g/mol. The van der Waals surface area contributed by atoms with Crippen molar-refractivity contribution in [3.05, 3.63) is 63.4 Å². The van der Waals surface area contributed by atoms with Crippen molar-refractivity contribution in [2.24, 2.45) is 29.1 Å². The van der Waals surface area contributed by atoms with Crippen molar-refractivity contribution in [3.63, 3.8) is 0 Å². The lowest BCUT2D eigenvalue weighted by Crippen LogP contribution is -2.48. The van der Waals surface area contributed by atoms with Crippen molar-refractivity contribution in [1.29, 1.82) is 0 Å². The number of anilines is 1. The highest BCUT2D eigenvalue weighted by Gasteiger charge is 2.67. The Morgan fingerprint density at radius 3 is 2.42 bits per heavy atom. The predicted molar refractivity (Wildman–Crippen MR) is 143 cm³/mol. The largest absolute Gasteiger partial charge is 0.503 e. The summed E-state index contributed by atoms with van der Waals surface area (Å²) in [5, 5.41) is 10.2. The fourth-order valence-electron chi connectivity index (χ4n) is 7.34. The normalized spacial score (nSPS) is 31.2. The van der Waals surface area contributed by atoms with E-state index in [9.17, 15) is 28.7 Å². The number of imide groups is 2. The number of carbonyl (C=O) groups is 4. The van der Waals surface area contributed by atoms with Gasteiger partial charge in [-0.1, -0.05) is 34.9 Å². The van der Waals surface area contributed by atoms with E-state index in [0.29, 0.717) is 12.0 Å². The fourth-order valence-corrected chi connectivity index (χ4v) is 7.73. The molecule has 1 saturated carbocycles. The highest BCUT2D eigenvalue weighted by atomic mass is 35.5. The Hall–Kier alpha value is -3.43. The van der Waals surface area contributed by atoms with Crippen LogP contribution in [0.3, 0.4) is 0 Å². The zero-order valence-electron chi connectivity index (χ0n) is 21.8. The number of carbonyl (C=O) groups excluding carboxylic acids is 4. The minimum atomic E-state index is -1.34. The van der Waals surface area contributed by atoms with Crippen LogP contribution in [0.2, 0.25) is 10.0 Å². The Balaban J connectivity index is 1.56. The lowest BCUT2D eigenvalue weighted by Gasteiger charge is -2.49. The molecule has 8 nitrogen and oxygen atoms in total. The Morgan fingerprint density at radius 1 is 1.02 bits per heavy atom. The summed E-state index contributed by atoms with van der Waals surface area (Å²) in [6.45, 7) is 1.71. The average Bonchev–Trinajstić information content (AvgIpc) is 3.26. The van der Waals surface area contributed by atoms with Crippen molar-refractivity contribution in [2.75, 3.05) is 19.1 Å². The van der Waals surface area contributed by atoms with Crippen LogP contribution >= 0.6 is 23.2 Å². The molecule has 208 valence electrons.